The molecule has 1 rings (SSSR count). The van der Waals surface area contributed by atoms with Crippen LogP contribution in [0.4, 0.5) is 5.69 Å². The summed E-state index contributed by atoms with van der Waals surface area (Å²) in [5, 5.41) is 11.3. The first-order valence-corrected chi connectivity index (χ1v) is 4.89. The lowest BCUT2D eigenvalue weighted by Gasteiger charge is -2.08. The predicted octanol–water partition coefficient (Wildman–Crippen LogP) is 1.95. The van der Waals surface area contributed by atoms with Gasteiger partial charge in [-0.25, -0.2) is 4.79 Å². The molecule has 14 heavy (non-hydrogen) atoms. The molecule has 0 aliphatic rings. The quantitative estimate of drug-likeness (QED) is 0.821. The highest BCUT2D eigenvalue weighted by molar-refractivity contribution is 14.1. The Hall–Kier alpha value is -1.11. The third-order valence-corrected chi connectivity index (χ3v) is 2.44. The Morgan fingerprint density at radius 3 is 2.57 bits per heavy atom. The van der Waals surface area contributed by atoms with Gasteiger partial charge in [0.15, 0.2) is 0 Å². The Kier molecular flexibility index (Phi) is 3.45. The molecule has 0 bridgehead atoms. The lowest BCUT2D eigenvalue weighted by atomic mass is 10.2. The number of benzene rings is 1. The summed E-state index contributed by atoms with van der Waals surface area (Å²) in [6, 6.07) is 4.82. The second kappa shape index (κ2) is 4.41. The van der Waals surface area contributed by atoms with Gasteiger partial charge in [0.25, 0.3) is 0 Å². The molecule has 0 heterocycles. The number of rotatable bonds is 2. The highest BCUT2D eigenvalue weighted by Gasteiger charge is 2.13. The SMILES string of the molecule is CC(=O)Nc1c(I)cccc1C(=O)O. The molecule has 74 valence electrons. The van der Waals surface area contributed by atoms with Gasteiger partial charge in [0.1, 0.15) is 0 Å². The van der Waals surface area contributed by atoms with Gasteiger partial charge in [-0.3, -0.25) is 4.79 Å². The van der Waals surface area contributed by atoms with Crippen LogP contribution in [-0.2, 0) is 4.79 Å². The van der Waals surface area contributed by atoms with Crippen LogP contribution in [0.25, 0.3) is 0 Å². The second-order valence-corrected chi connectivity index (χ2v) is 3.81. The lowest BCUT2D eigenvalue weighted by molar-refractivity contribution is -0.114. The molecule has 0 unspecified atom stereocenters. The van der Waals surface area contributed by atoms with Crippen LogP contribution in [0.2, 0.25) is 0 Å². The average Bonchev–Trinajstić information content (AvgIpc) is 2.07. The van der Waals surface area contributed by atoms with Crippen molar-refractivity contribution in [2.75, 3.05) is 5.32 Å². The smallest absolute Gasteiger partial charge is 0.337 e. The molecular weight excluding hydrogens is 297 g/mol. The van der Waals surface area contributed by atoms with Gasteiger partial charge in [0, 0.05) is 10.5 Å². The highest BCUT2D eigenvalue weighted by Crippen LogP contribution is 2.22. The molecule has 0 aromatic heterocycles. The van der Waals surface area contributed by atoms with Gasteiger partial charge < -0.3 is 10.4 Å². The van der Waals surface area contributed by atoms with Crippen LogP contribution in [0.3, 0.4) is 0 Å². The molecule has 0 atom stereocenters. The minimum atomic E-state index is -1.05. The number of halogens is 1. The van der Waals surface area contributed by atoms with E-state index in [0.717, 1.165) is 0 Å². The number of aromatic carboxylic acids is 1. The summed E-state index contributed by atoms with van der Waals surface area (Å²) < 4.78 is 0.706. The summed E-state index contributed by atoms with van der Waals surface area (Å²) in [6.07, 6.45) is 0. The van der Waals surface area contributed by atoms with Crippen LogP contribution in [0.5, 0.6) is 0 Å². The normalized spacial score (nSPS) is 9.57. The van der Waals surface area contributed by atoms with E-state index < -0.39 is 5.97 Å². The van der Waals surface area contributed by atoms with E-state index in [9.17, 15) is 9.59 Å². The van der Waals surface area contributed by atoms with E-state index in [4.69, 9.17) is 5.11 Å². The number of nitrogens with one attached hydrogen (secondary N) is 1. The van der Waals surface area contributed by atoms with E-state index in [1.807, 2.05) is 22.6 Å². The molecule has 1 amide bonds. The largest absolute Gasteiger partial charge is 0.478 e. The molecule has 0 spiro atoms. The van der Waals surface area contributed by atoms with Gasteiger partial charge in [-0.2, -0.15) is 0 Å². The maximum absolute atomic E-state index is 10.8. The summed E-state index contributed by atoms with van der Waals surface area (Å²) >= 11 is 1.97. The molecule has 5 heteroatoms. The number of anilines is 1. The molecule has 4 nitrogen and oxygen atoms in total. The first-order valence-electron chi connectivity index (χ1n) is 3.81. The first kappa shape index (κ1) is 11.0. The summed E-state index contributed by atoms with van der Waals surface area (Å²) in [5.41, 5.74) is 0.459. The van der Waals surface area contributed by atoms with Gasteiger partial charge in [0.05, 0.1) is 11.3 Å². The Balaban J connectivity index is 3.22. The van der Waals surface area contributed by atoms with Gasteiger partial charge >= 0.3 is 5.97 Å². The third kappa shape index (κ3) is 2.44. The molecule has 1 aromatic carbocycles. The molecule has 0 saturated carbocycles. The van der Waals surface area contributed by atoms with Crippen LogP contribution >= 0.6 is 22.6 Å². The predicted molar refractivity (Wildman–Crippen MR) is 60.4 cm³/mol. The van der Waals surface area contributed by atoms with Crippen LogP contribution in [0, 0.1) is 3.57 Å². The maximum Gasteiger partial charge on any atom is 0.337 e. The van der Waals surface area contributed by atoms with Crippen molar-refractivity contribution in [1.29, 1.82) is 0 Å². The van der Waals surface area contributed by atoms with Crippen molar-refractivity contribution in [3.8, 4) is 0 Å². The standard InChI is InChI=1S/C9H8INO3/c1-5(12)11-8-6(9(13)14)3-2-4-7(8)10/h2-4H,1H3,(H,11,12)(H,13,14). The fraction of sp³-hybridized carbons (Fsp3) is 0.111. The van der Waals surface area contributed by atoms with E-state index in [1.165, 1.54) is 13.0 Å². The zero-order valence-corrected chi connectivity index (χ0v) is 9.53. The van der Waals surface area contributed by atoms with Crippen molar-refractivity contribution in [1.82, 2.24) is 0 Å². The van der Waals surface area contributed by atoms with Crippen molar-refractivity contribution in [3.05, 3.63) is 27.3 Å². The number of carboxylic acid groups (broad SMARTS) is 1. The van der Waals surface area contributed by atoms with E-state index in [-0.39, 0.29) is 11.5 Å². The zero-order chi connectivity index (χ0) is 10.7. The number of para-hydroxylation sites is 1. The number of carboxylic acids is 1. The van der Waals surface area contributed by atoms with Gasteiger partial charge in [-0.05, 0) is 34.7 Å². The minimum absolute atomic E-state index is 0.104. The van der Waals surface area contributed by atoms with E-state index in [1.54, 1.807) is 12.1 Å². The second-order valence-electron chi connectivity index (χ2n) is 2.65. The molecule has 2 N–H and O–H groups in total. The molecule has 0 fully saturated rings. The summed E-state index contributed by atoms with van der Waals surface area (Å²) in [6.45, 7) is 1.34. The van der Waals surface area contributed by atoms with Gasteiger partial charge in [-0.1, -0.05) is 6.07 Å². The number of carbonyl (C=O) groups excluding carboxylic acids is 1. The molecule has 0 saturated heterocycles. The monoisotopic (exact) mass is 305 g/mol. The molecule has 0 aliphatic heterocycles. The summed E-state index contributed by atoms with van der Waals surface area (Å²) in [4.78, 5) is 21.6. The fourth-order valence-electron chi connectivity index (χ4n) is 1.01. The van der Waals surface area contributed by atoms with Crippen LogP contribution in [0.15, 0.2) is 18.2 Å². The number of amides is 1. The minimum Gasteiger partial charge on any atom is -0.478 e. The van der Waals surface area contributed by atoms with Crippen LogP contribution in [0.1, 0.15) is 17.3 Å². The molecule has 1 aromatic rings. The van der Waals surface area contributed by atoms with Gasteiger partial charge in [0.2, 0.25) is 5.91 Å². The van der Waals surface area contributed by atoms with Crippen molar-refractivity contribution >= 4 is 40.2 Å². The molecule has 0 radical (unpaired) electrons. The molecule has 0 aliphatic carbocycles. The number of hydrogen-bond acceptors (Lipinski definition) is 2. The van der Waals surface area contributed by atoms with E-state index in [0.29, 0.717) is 9.26 Å². The van der Waals surface area contributed by atoms with Crippen LogP contribution in [-0.4, -0.2) is 17.0 Å². The van der Waals surface area contributed by atoms with Crippen LogP contribution < -0.4 is 5.32 Å². The Morgan fingerprint density at radius 2 is 2.07 bits per heavy atom. The Bertz CT molecular complexity index is 390. The van der Waals surface area contributed by atoms with Crippen molar-refractivity contribution < 1.29 is 14.7 Å². The lowest BCUT2D eigenvalue weighted by Crippen LogP contribution is -2.12. The van der Waals surface area contributed by atoms with Crippen molar-refractivity contribution in [2.45, 2.75) is 6.92 Å². The Labute approximate surface area is 94.5 Å². The van der Waals surface area contributed by atoms with E-state index >= 15 is 0 Å². The molecular formula is C9H8INO3. The Morgan fingerprint density at radius 1 is 1.43 bits per heavy atom. The van der Waals surface area contributed by atoms with Crippen molar-refractivity contribution in [2.24, 2.45) is 0 Å². The number of carbonyl (C=O) groups is 2. The summed E-state index contributed by atoms with van der Waals surface area (Å²) in [5.74, 6) is -1.33. The third-order valence-electron chi connectivity index (χ3n) is 1.55. The maximum atomic E-state index is 10.8. The highest BCUT2D eigenvalue weighted by atomic mass is 127. The zero-order valence-electron chi connectivity index (χ0n) is 7.37. The van der Waals surface area contributed by atoms with Crippen molar-refractivity contribution in [3.63, 3.8) is 0 Å². The number of hydrogen-bond donors (Lipinski definition) is 2. The average molecular weight is 305 g/mol. The van der Waals surface area contributed by atoms with E-state index in [2.05, 4.69) is 5.32 Å². The summed E-state index contributed by atoms with van der Waals surface area (Å²) in [7, 11) is 0. The fourth-order valence-corrected chi connectivity index (χ4v) is 1.64. The first-order chi connectivity index (χ1) is 6.52. The topological polar surface area (TPSA) is 66.4 Å². The van der Waals surface area contributed by atoms with Gasteiger partial charge in [-0.15, -0.1) is 0 Å².